The predicted octanol–water partition coefficient (Wildman–Crippen LogP) is 2.37. The monoisotopic (exact) mass is 246 g/mol. The van der Waals surface area contributed by atoms with E-state index in [4.69, 9.17) is 4.74 Å². The van der Waals surface area contributed by atoms with E-state index in [1.54, 1.807) is 0 Å². The first-order valence-electron chi connectivity index (χ1n) is 6.21. The fraction of sp³-hybridized carbons (Fsp3) is 0.467. The summed E-state index contributed by atoms with van der Waals surface area (Å²) in [4.78, 5) is 23.8. The van der Waals surface area contributed by atoms with Gasteiger partial charge in [0.2, 0.25) is 0 Å². The summed E-state index contributed by atoms with van der Waals surface area (Å²) in [7, 11) is 0. The molecule has 3 nitrogen and oxygen atoms in total. The van der Waals surface area contributed by atoms with Gasteiger partial charge in [0.15, 0.2) is 0 Å². The number of carbonyl (C=O) groups excluding carboxylic acids is 2. The van der Waals surface area contributed by atoms with Gasteiger partial charge in [-0.25, -0.2) is 0 Å². The van der Waals surface area contributed by atoms with Crippen LogP contribution in [0.2, 0.25) is 0 Å². The molecule has 1 aliphatic heterocycles. The summed E-state index contributed by atoms with van der Waals surface area (Å²) in [5.74, 6) is -0.453. The molecule has 96 valence electrons. The lowest BCUT2D eigenvalue weighted by atomic mass is 9.75. The van der Waals surface area contributed by atoms with Crippen molar-refractivity contribution in [3.05, 3.63) is 34.9 Å². The van der Waals surface area contributed by atoms with Gasteiger partial charge in [0.25, 0.3) is 0 Å². The van der Waals surface area contributed by atoms with Gasteiger partial charge in [0.05, 0.1) is 6.61 Å². The van der Waals surface area contributed by atoms with Crippen LogP contribution in [0.5, 0.6) is 0 Å². The van der Waals surface area contributed by atoms with Gasteiger partial charge in [0.1, 0.15) is 11.2 Å². The van der Waals surface area contributed by atoms with Crippen LogP contribution in [0.3, 0.4) is 0 Å². The molecular formula is C15H18O3. The van der Waals surface area contributed by atoms with Crippen molar-refractivity contribution in [2.24, 2.45) is 5.41 Å². The van der Waals surface area contributed by atoms with E-state index in [2.05, 4.69) is 0 Å². The third-order valence-corrected chi connectivity index (χ3v) is 3.95. The Labute approximate surface area is 107 Å². The second kappa shape index (κ2) is 4.56. The number of esters is 1. The Hall–Kier alpha value is -1.64. The lowest BCUT2D eigenvalue weighted by Gasteiger charge is -2.23. The molecule has 1 atom stereocenters. The minimum absolute atomic E-state index is 0.0901. The second-order valence-electron chi connectivity index (χ2n) is 5.07. The molecule has 18 heavy (non-hydrogen) atoms. The molecule has 1 unspecified atom stereocenters. The zero-order valence-corrected chi connectivity index (χ0v) is 11.1. The van der Waals surface area contributed by atoms with Crippen LogP contribution in [-0.4, -0.2) is 18.4 Å². The smallest absolute Gasteiger partial charge is 0.320 e. The van der Waals surface area contributed by atoms with Gasteiger partial charge in [-0.2, -0.15) is 0 Å². The van der Waals surface area contributed by atoms with Crippen molar-refractivity contribution in [3.63, 3.8) is 0 Å². The fourth-order valence-corrected chi connectivity index (χ4v) is 2.59. The Bertz CT molecular complexity index is 484. The van der Waals surface area contributed by atoms with Crippen molar-refractivity contribution < 1.29 is 14.3 Å². The average Bonchev–Trinajstić information content (AvgIpc) is 2.67. The van der Waals surface area contributed by atoms with Crippen LogP contribution >= 0.6 is 0 Å². The van der Waals surface area contributed by atoms with Gasteiger partial charge < -0.3 is 4.74 Å². The number of ketones is 1. The van der Waals surface area contributed by atoms with Crippen LogP contribution in [-0.2, 0) is 20.7 Å². The lowest BCUT2D eigenvalue weighted by Crippen LogP contribution is -2.36. The van der Waals surface area contributed by atoms with Gasteiger partial charge in [0, 0.05) is 6.42 Å². The van der Waals surface area contributed by atoms with Crippen molar-refractivity contribution in [1.82, 2.24) is 0 Å². The zero-order chi connectivity index (χ0) is 13.3. The molecule has 1 heterocycles. The van der Waals surface area contributed by atoms with Crippen molar-refractivity contribution in [2.75, 3.05) is 6.61 Å². The highest BCUT2D eigenvalue weighted by atomic mass is 16.5. The summed E-state index contributed by atoms with van der Waals surface area (Å²) < 4.78 is 5.02. The van der Waals surface area contributed by atoms with Crippen LogP contribution in [0.25, 0.3) is 0 Å². The fourth-order valence-electron chi connectivity index (χ4n) is 2.59. The van der Waals surface area contributed by atoms with Crippen LogP contribution < -0.4 is 0 Å². The molecule has 1 aromatic carbocycles. The quantitative estimate of drug-likeness (QED) is 0.607. The molecule has 0 spiro atoms. The van der Waals surface area contributed by atoms with Crippen molar-refractivity contribution >= 4 is 11.8 Å². The maximum Gasteiger partial charge on any atom is 0.320 e. The highest BCUT2D eigenvalue weighted by Gasteiger charge is 2.49. The van der Waals surface area contributed by atoms with Crippen molar-refractivity contribution in [1.29, 1.82) is 0 Å². The minimum atomic E-state index is -0.961. The third kappa shape index (κ3) is 1.94. The molecule has 2 rings (SSSR count). The van der Waals surface area contributed by atoms with Crippen LogP contribution in [0, 0.1) is 19.3 Å². The first-order chi connectivity index (χ1) is 8.47. The molecule has 1 aliphatic rings. The number of rotatable bonds is 3. The highest BCUT2D eigenvalue weighted by molar-refractivity contribution is 6.04. The normalized spacial score (nSPS) is 22.9. The number of hydrogen-bond donors (Lipinski definition) is 0. The predicted molar refractivity (Wildman–Crippen MR) is 68.3 cm³/mol. The zero-order valence-electron chi connectivity index (χ0n) is 11.1. The Morgan fingerprint density at radius 2 is 1.94 bits per heavy atom. The molecule has 3 heteroatoms. The van der Waals surface area contributed by atoms with Crippen LogP contribution in [0.15, 0.2) is 18.2 Å². The van der Waals surface area contributed by atoms with Gasteiger partial charge in [-0.3, -0.25) is 9.59 Å². The Morgan fingerprint density at radius 1 is 1.33 bits per heavy atom. The SMILES string of the molecule is CC(=O)C1(Cc2c(C)cccc2C)CCOC1=O. The molecule has 1 aromatic rings. The summed E-state index contributed by atoms with van der Waals surface area (Å²) in [6.07, 6.45) is 0.953. The Balaban J connectivity index is 2.42. The van der Waals surface area contributed by atoms with E-state index < -0.39 is 5.41 Å². The van der Waals surface area contributed by atoms with Gasteiger partial charge in [-0.1, -0.05) is 18.2 Å². The van der Waals surface area contributed by atoms with E-state index in [0.29, 0.717) is 19.4 Å². The van der Waals surface area contributed by atoms with E-state index in [1.165, 1.54) is 6.92 Å². The van der Waals surface area contributed by atoms with E-state index in [1.807, 2.05) is 32.0 Å². The number of Topliss-reactive ketones (excluding diaryl/α,β-unsaturated/α-hetero) is 1. The maximum atomic E-state index is 11.9. The number of ether oxygens (including phenoxy) is 1. The first kappa shape index (κ1) is 12.8. The number of hydrogen-bond acceptors (Lipinski definition) is 3. The Morgan fingerprint density at radius 3 is 2.39 bits per heavy atom. The summed E-state index contributed by atoms with van der Waals surface area (Å²) in [6.45, 7) is 5.86. The summed E-state index contributed by atoms with van der Waals surface area (Å²) >= 11 is 0. The molecule has 0 bridgehead atoms. The maximum absolute atomic E-state index is 11.9. The van der Waals surface area contributed by atoms with Gasteiger partial charge >= 0.3 is 5.97 Å². The largest absolute Gasteiger partial charge is 0.465 e. The van der Waals surface area contributed by atoms with Gasteiger partial charge in [-0.05, 0) is 43.9 Å². The van der Waals surface area contributed by atoms with E-state index in [0.717, 1.165) is 16.7 Å². The van der Waals surface area contributed by atoms with E-state index >= 15 is 0 Å². The van der Waals surface area contributed by atoms with E-state index in [-0.39, 0.29) is 11.8 Å². The molecule has 0 aliphatic carbocycles. The molecule has 0 radical (unpaired) electrons. The number of benzene rings is 1. The summed E-state index contributed by atoms with van der Waals surface area (Å²) in [6, 6.07) is 6.01. The van der Waals surface area contributed by atoms with Crippen molar-refractivity contribution in [2.45, 2.75) is 33.6 Å². The van der Waals surface area contributed by atoms with Crippen LogP contribution in [0.4, 0.5) is 0 Å². The second-order valence-corrected chi connectivity index (χ2v) is 5.07. The average molecular weight is 246 g/mol. The molecule has 1 saturated heterocycles. The molecule has 0 aromatic heterocycles. The highest BCUT2D eigenvalue weighted by Crippen LogP contribution is 2.36. The third-order valence-electron chi connectivity index (χ3n) is 3.95. The Kier molecular flexibility index (Phi) is 3.24. The topological polar surface area (TPSA) is 43.4 Å². The van der Waals surface area contributed by atoms with Crippen LogP contribution in [0.1, 0.15) is 30.0 Å². The van der Waals surface area contributed by atoms with E-state index in [9.17, 15) is 9.59 Å². The minimum Gasteiger partial charge on any atom is -0.465 e. The van der Waals surface area contributed by atoms with Crippen molar-refractivity contribution in [3.8, 4) is 0 Å². The standard InChI is InChI=1S/C15H18O3/c1-10-5-4-6-11(2)13(10)9-15(12(3)16)7-8-18-14(15)17/h4-6H,7-9H2,1-3H3. The van der Waals surface area contributed by atoms with Gasteiger partial charge in [-0.15, -0.1) is 0 Å². The summed E-state index contributed by atoms with van der Waals surface area (Å²) in [5.41, 5.74) is 2.37. The summed E-state index contributed by atoms with van der Waals surface area (Å²) in [5, 5.41) is 0. The number of aryl methyl sites for hydroxylation is 2. The lowest BCUT2D eigenvalue weighted by molar-refractivity contribution is -0.150. The molecule has 0 amide bonds. The first-order valence-corrected chi connectivity index (χ1v) is 6.21. The molecule has 0 N–H and O–H groups in total. The number of carbonyl (C=O) groups is 2. The molecule has 1 fully saturated rings. The number of cyclic esters (lactones) is 1. The molecule has 0 saturated carbocycles. The molecular weight excluding hydrogens is 228 g/mol.